The normalized spacial score (nSPS) is 16.2. The van der Waals surface area contributed by atoms with Gasteiger partial charge >= 0.3 is 0 Å². The van der Waals surface area contributed by atoms with Gasteiger partial charge in [0.25, 0.3) is 0 Å². The minimum absolute atomic E-state index is 0. The third-order valence-corrected chi connectivity index (χ3v) is 3.41. The van der Waals surface area contributed by atoms with E-state index < -0.39 is 0 Å². The van der Waals surface area contributed by atoms with Crippen molar-refractivity contribution in [1.82, 2.24) is 4.90 Å². The number of aryl methyl sites for hydroxylation is 1. The molecule has 0 saturated heterocycles. The van der Waals surface area contributed by atoms with Crippen molar-refractivity contribution in [3.63, 3.8) is 0 Å². The lowest BCUT2D eigenvalue weighted by atomic mass is 9.88. The van der Waals surface area contributed by atoms with E-state index >= 15 is 0 Å². The van der Waals surface area contributed by atoms with Crippen LogP contribution in [0.2, 0.25) is 0 Å². The molecule has 0 atom stereocenters. The Labute approximate surface area is 106 Å². The van der Waals surface area contributed by atoms with Gasteiger partial charge in [0.1, 0.15) is 0 Å². The highest BCUT2D eigenvalue weighted by Crippen LogP contribution is 2.30. The molecule has 0 aliphatic heterocycles. The molecule has 0 radical (unpaired) electrons. The fourth-order valence-electron chi connectivity index (χ4n) is 2.42. The van der Waals surface area contributed by atoms with E-state index in [4.69, 9.17) is 0 Å². The molecule has 1 heteroatoms. The van der Waals surface area contributed by atoms with Gasteiger partial charge in [-0.1, -0.05) is 31.7 Å². The number of hydrogen-bond donors (Lipinski definition) is 0. The largest absolute Gasteiger partial charge is 0.378 e. The predicted molar refractivity (Wildman–Crippen MR) is 77.0 cm³/mol. The molecule has 0 fully saturated rings. The lowest BCUT2D eigenvalue weighted by Crippen LogP contribution is -2.17. The Morgan fingerprint density at radius 3 is 2.53 bits per heavy atom. The summed E-state index contributed by atoms with van der Waals surface area (Å²) in [5.41, 5.74) is 4.51. The Balaban J connectivity index is 0.00000144. The summed E-state index contributed by atoms with van der Waals surface area (Å²) in [6.07, 6.45) is 6.13. The summed E-state index contributed by atoms with van der Waals surface area (Å²) in [6, 6.07) is 8.84. The number of hydrogen-bond acceptors (Lipinski definition) is 1. The average Bonchev–Trinajstić information content (AvgIpc) is 2.36. The molecule has 1 nitrogen and oxygen atoms in total. The van der Waals surface area contributed by atoms with Crippen molar-refractivity contribution in [2.45, 2.75) is 40.5 Å². The molecule has 17 heavy (non-hydrogen) atoms. The van der Waals surface area contributed by atoms with Crippen molar-refractivity contribution in [3.05, 3.63) is 41.6 Å². The molecule has 94 valence electrons. The van der Waals surface area contributed by atoms with E-state index in [1.54, 1.807) is 0 Å². The van der Waals surface area contributed by atoms with Crippen molar-refractivity contribution in [2.75, 3.05) is 13.1 Å². The predicted octanol–water partition coefficient (Wildman–Crippen LogP) is 4.34. The number of benzene rings is 1. The van der Waals surface area contributed by atoms with E-state index in [1.165, 1.54) is 36.0 Å². The van der Waals surface area contributed by atoms with Crippen LogP contribution in [0.15, 0.2) is 30.5 Å². The maximum atomic E-state index is 2.39. The Bertz CT molecular complexity index is 375. The van der Waals surface area contributed by atoms with Gasteiger partial charge in [0.2, 0.25) is 0 Å². The molecule has 0 heterocycles. The van der Waals surface area contributed by atoms with Crippen LogP contribution in [0, 0.1) is 0 Å². The van der Waals surface area contributed by atoms with Crippen LogP contribution in [0.1, 0.15) is 45.2 Å². The highest BCUT2D eigenvalue weighted by atomic mass is 15.1. The smallest absolute Gasteiger partial charge is 0.0144 e. The van der Waals surface area contributed by atoms with Gasteiger partial charge in [-0.05, 0) is 49.8 Å². The van der Waals surface area contributed by atoms with Gasteiger partial charge in [-0.25, -0.2) is 0 Å². The second-order valence-corrected chi connectivity index (χ2v) is 4.39. The van der Waals surface area contributed by atoms with Gasteiger partial charge in [-0.3, -0.25) is 0 Å². The Morgan fingerprint density at radius 2 is 1.82 bits per heavy atom. The van der Waals surface area contributed by atoms with E-state index in [2.05, 4.69) is 49.2 Å². The SMILES string of the molecule is C.CCN(/C=C1\CCCc2ccccc21)CC. The Hall–Kier alpha value is -1.24. The molecule has 0 unspecified atom stereocenters. The fraction of sp³-hybridized carbons (Fsp3) is 0.500. The molecule has 0 saturated carbocycles. The van der Waals surface area contributed by atoms with Crippen LogP contribution in [0.25, 0.3) is 5.57 Å². The lowest BCUT2D eigenvalue weighted by molar-refractivity contribution is 0.419. The molecule has 0 aromatic heterocycles. The minimum atomic E-state index is 0. The van der Waals surface area contributed by atoms with Crippen LogP contribution in [-0.2, 0) is 6.42 Å². The van der Waals surface area contributed by atoms with Crippen molar-refractivity contribution in [1.29, 1.82) is 0 Å². The Kier molecular flexibility index (Phi) is 5.27. The van der Waals surface area contributed by atoms with Crippen LogP contribution in [0.4, 0.5) is 0 Å². The Morgan fingerprint density at radius 1 is 1.12 bits per heavy atom. The van der Waals surface area contributed by atoms with Crippen LogP contribution in [-0.4, -0.2) is 18.0 Å². The molecule has 0 N–H and O–H groups in total. The maximum absolute atomic E-state index is 2.39. The first kappa shape index (κ1) is 13.8. The first-order valence-corrected chi connectivity index (χ1v) is 6.38. The van der Waals surface area contributed by atoms with E-state index in [-0.39, 0.29) is 7.43 Å². The second-order valence-electron chi connectivity index (χ2n) is 4.39. The fourth-order valence-corrected chi connectivity index (χ4v) is 2.42. The van der Waals surface area contributed by atoms with Gasteiger partial charge in [-0.15, -0.1) is 0 Å². The monoisotopic (exact) mass is 231 g/mol. The van der Waals surface area contributed by atoms with Crippen molar-refractivity contribution >= 4 is 5.57 Å². The standard InChI is InChI=1S/C15H21N.CH4/c1-3-16(4-2)12-14-10-7-9-13-8-5-6-11-15(13)14;/h5-6,8,11-12H,3-4,7,9-10H2,1-2H3;1H4/b14-12+;. The van der Waals surface area contributed by atoms with Crippen LogP contribution in [0.5, 0.6) is 0 Å². The van der Waals surface area contributed by atoms with Crippen molar-refractivity contribution < 1.29 is 0 Å². The molecule has 1 aliphatic carbocycles. The van der Waals surface area contributed by atoms with Gasteiger partial charge in [0.05, 0.1) is 0 Å². The van der Waals surface area contributed by atoms with E-state index in [0.717, 1.165) is 13.1 Å². The van der Waals surface area contributed by atoms with Crippen LogP contribution < -0.4 is 0 Å². The van der Waals surface area contributed by atoms with E-state index in [9.17, 15) is 0 Å². The summed E-state index contributed by atoms with van der Waals surface area (Å²) in [6.45, 7) is 6.63. The zero-order chi connectivity index (χ0) is 11.4. The summed E-state index contributed by atoms with van der Waals surface area (Å²) >= 11 is 0. The average molecular weight is 231 g/mol. The van der Waals surface area contributed by atoms with E-state index in [0.29, 0.717) is 0 Å². The molecule has 0 spiro atoms. The number of nitrogens with zero attached hydrogens (tertiary/aromatic N) is 1. The van der Waals surface area contributed by atoms with Crippen LogP contribution >= 0.6 is 0 Å². The second kappa shape index (κ2) is 6.48. The molecule has 2 rings (SSSR count). The number of allylic oxidation sites excluding steroid dienone is 1. The van der Waals surface area contributed by atoms with Crippen molar-refractivity contribution in [3.8, 4) is 0 Å². The molecular weight excluding hydrogens is 206 g/mol. The van der Waals surface area contributed by atoms with Gasteiger partial charge in [0.15, 0.2) is 0 Å². The number of fused-ring (bicyclic) bond motifs is 1. The first-order chi connectivity index (χ1) is 7.85. The quantitative estimate of drug-likeness (QED) is 0.748. The maximum Gasteiger partial charge on any atom is 0.0144 e. The molecule has 0 amide bonds. The van der Waals surface area contributed by atoms with E-state index in [1.807, 2.05) is 0 Å². The van der Waals surface area contributed by atoms with Crippen molar-refractivity contribution in [2.24, 2.45) is 0 Å². The van der Waals surface area contributed by atoms with Gasteiger partial charge < -0.3 is 4.90 Å². The summed E-state index contributed by atoms with van der Waals surface area (Å²) in [5.74, 6) is 0. The summed E-state index contributed by atoms with van der Waals surface area (Å²) < 4.78 is 0. The minimum Gasteiger partial charge on any atom is -0.378 e. The number of rotatable bonds is 3. The zero-order valence-electron chi connectivity index (χ0n) is 10.4. The third kappa shape index (κ3) is 3.12. The zero-order valence-corrected chi connectivity index (χ0v) is 10.4. The summed E-state index contributed by atoms with van der Waals surface area (Å²) in [5, 5.41) is 0. The molecule has 0 bridgehead atoms. The topological polar surface area (TPSA) is 3.24 Å². The van der Waals surface area contributed by atoms with Gasteiger partial charge in [-0.2, -0.15) is 0 Å². The molecule has 1 aromatic carbocycles. The van der Waals surface area contributed by atoms with Crippen LogP contribution in [0.3, 0.4) is 0 Å². The highest BCUT2D eigenvalue weighted by molar-refractivity contribution is 5.69. The molecular formula is C16H25N. The van der Waals surface area contributed by atoms with Gasteiger partial charge in [0, 0.05) is 19.3 Å². The summed E-state index contributed by atoms with van der Waals surface area (Å²) in [7, 11) is 0. The third-order valence-electron chi connectivity index (χ3n) is 3.41. The molecule has 1 aromatic rings. The molecule has 1 aliphatic rings. The highest BCUT2D eigenvalue weighted by Gasteiger charge is 2.13. The summed E-state index contributed by atoms with van der Waals surface area (Å²) in [4.78, 5) is 2.39. The lowest BCUT2D eigenvalue weighted by Gasteiger charge is -2.23. The first-order valence-electron chi connectivity index (χ1n) is 6.38.